The summed E-state index contributed by atoms with van der Waals surface area (Å²) in [6, 6.07) is 5.12. The Hall–Kier alpha value is -2.28. The summed E-state index contributed by atoms with van der Waals surface area (Å²) >= 11 is 0. The van der Waals surface area contributed by atoms with Gasteiger partial charge in [-0.25, -0.2) is 0 Å². The Kier molecular flexibility index (Phi) is 4.38. The van der Waals surface area contributed by atoms with Crippen molar-refractivity contribution in [3.05, 3.63) is 18.2 Å². The fourth-order valence-electron chi connectivity index (χ4n) is 2.81. The van der Waals surface area contributed by atoms with E-state index in [0.29, 0.717) is 49.8 Å². The van der Waals surface area contributed by atoms with Crippen LogP contribution in [0.2, 0.25) is 0 Å². The first-order valence-corrected chi connectivity index (χ1v) is 7.83. The number of hydrogen-bond acceptors (Lipinski definition) is 5. The molecular weight excluding hydrogens is 298 g/mol. The number of hydrogen-bond donors (Lipinski definition) is 1. The van der Waals surface area contributed by atoms with E-state index in [1.807, 2.05) is 6.92 Å². The average molecular weight is 319 g/mol. The van der Waals surface area contributed by atoms with Crippen LogP contribution in [0.25, 0.3) is 0 Å². The number of benzene rings is 1. The Bertz CT molecular complexity index is 613. The molecule has 0 spiro atoms. The lowest BCUT2D eigenvalue weighted by Crippen LogP contribution is -2.51. The zero-order valence-electron chi connectivity index (χ0n) is 13.2. The number of ether oxygens (including phenoxy) is 2. The number of nitrogens with two attached hydrogens (primary N) is 1. The van der Waals surface area contributed by atoms with Gasteiger partial charge in [0, 0.05) is 24.8 Å². The van der Waals surface area contributed by atoms with E-state index >= 15 is 0 Å². The van der Waals surface area contributed by atoms with Gasteiger partial charge < -0.3 is 20.1 Å². The minimum atomic E-state index is -0.582. The molecule has 0 bridgehead atoms. The molecule has 1 unspecified atom stereocenters. The van der Waals surface area contributed by atoms with Gasteiger partial charge in [0.1, 0.15) is 12.3 Å². The third kappa shape index (κ3) is 3.10. The van der Waals surface area contributed by atoms with Crippen LogP contribution in [-0.2, 0) is 14.3 Å². The van der Waals surface area contributed by atoms with Crippen molar-refractivity contribution in [2.75, 3.05) is 43.5 Å². The lowest BCUT2D eigenvalue weighted by atomic mass is 10.1. The molecule has 0 aliphatic carbocycles. The fraction of sp³-hybridized carbons (Fsp3) is 0.500. The molecule has 1 aromatic rings. The number of anilines is 2. The number of nitrogen functional groups attached to an aromatic ring is 1. The van der Waals surface area contributed by atoms with Gasteiger partial charge in [0.15, 0.2) is 6.10 Å². The van der Waals surface area contributed by atoms with Gasteiger partial charge in [-0.2, -0.15) is 0 Å². The molecule has 3 rings (SSSR count). The molecule has 1 fully saturated rings. The maximum atomic E-state index is 12.6. The molecule has 2 aliphatic rings. The number of carbonyl (C=O) groups excluding carboxylic acids is 2. The van der Waals surface area contributed by atoms with E-state index in [4.69, 9.17) is 15.2 Å². The van der Waals surface area contributed by atoms with E-state index in [0.717, 1.165) is 0 Å². The Morgan fingerprint density at radius 3 is 2.78 bits per heavy atom. The second-order valence-corrected chi connectivity index (χ2v) is 5.66. The predicted molar refractivity (Wildman–Crippen MR) is 85.3 cm³/mol. The van der Waals surface area contributed by atoms with Crippen molar-refractivity contribution in [1.29, 1.82) is 0 Å². The van der Waals surface area contributed by atoms with Gasteiger partial charge in [0.05, 0.1) is 18.9 Å². The highest BCUT2D eigenvalue weighted by Crippen LogP contribution is 2.36. The standard InChI is InChI=1S/C16H21N3O4/c1-2-13-16(21)19(10-15(20)18-5-7-22-8-6-18)12-4-3-11(17)9-14(12)23-13/h3-4,9,13H,2,5-8,10,17H2,1H3. The summed E-state index contributed by atoms with van der Waals surface area (Å²) in [5.41, 5.74) is 6.95. The molecule has 2 N–H and O–H groups in total. The van der Waals surface area contributed by atoms with Crippen LogP contribution < -0.4 is 15.4 Å². The highest BCUT2D eigenvalue weighted by atomic mass is 16.5. The smallest absolute Gasteiger partial charge is 0.268 e. The van der Waals surface area contributed by atoms with Crippen LogP contribution in [0.5, 0.6) is 5.75 Å². The van der Waals surface area contributed by atoms with Crippen LogP contribution in [0, 0.1) is 0 Å². The Morgan fingerprint density at radius 2 is 2.09 bits per heavy atom. The van der Waals surface area contributed by atoms with Crippen LogP contribution in [0.1, 0.15) is 13.3 Å². The minimum absolute atomic E-state index is 0.00954. The molecule has 1 aromatic carbocycles. The molecule has 0 saturated carbocycles. The molecule has 1 atom stereocenters. The molecule has 2 aliphatic heterocycles. The quantitative estimate of drug-likeness (QED) is 0.826. The van der Waals surface area contributed by atoms with E-state index in [1.54, 1.807) is 23.1 Å². The van der Waals surface area contributed by atoms with Gasteiger partial charge in [-0.05, 0) is 18.6 Å². The highest BCUT2D eigenvalue weighted by Gasteiger charge is 2.35. The summed E-state index contributed by atoms with van der Waals surface area (Å²) in [6.45, 7) is 4.07. The van der Waals surface area contributed by atoms with Crippen molar-refractivity contribution < 1.29 is 19.1 Å². The number of morpholine rings is 1. The third-order valence-corrected chi connectivity index (χ3v) is 4.11. The van der Waals surface area contributed by atoms with Gasteiger partial charge >= 0.3 is 0 Å². The van der Waals surface area contributed by atoms with Gasteiger partial charge in [0.25, 0.3) is 5.91 Å². The number of fused-ring (bicyclic) bond motifs is 1. The second-order valence-electron chi connectivity index (χ2n) is 5.66. The Morgan fingerprint density at radius 1 is 1.35 bits per heavy atom. The first kappa shape index (κ1) is 15.6. The minimum Gasteiger partial charge on any atom is -0.478 e. The van der Waals surface area contributed by atoms with Crippen molar-refractivity contribution in [2.45, 2.75) is 19.4 Å². The molecule has 2 heterocycles. The topological polar surface area (TPSA) is 85.1 Å². The van der Waals surface area contributed by atoms with Crippen LogP contribution in [0.4, 0.5) is 11.4 Å². The predicted octanol–water partition coefficient (Wildman–Crippen LogP) is 0.632. The zero-order chi connectivity index (χ0) is 16.4. The summed E-state index contributed by atoms with van der Waals surface area (Å²) in [5.74, 6) is 0.277. The van der Waals surface area contributed by atoms with Crippen molar-refractivity contribution in [3.63, 3.8) is 0 Å². The van der Waals surface area contributed by atoms with Gasteiger partial charge in [0.2, 0.25) is 5.91 Å². The van der Waals surface area contributed by atoms with E-state index < -0.39 is 6.10 Å². The van der Waals surface area contributed by atoms with Crippen molar-refractivity contribution in [2.24, 2.45) is 0 Å². The van der Waals surface area contributed by atoms with Crippen LogP contribution in [-0.4, -0.2) is 55.7 Å². The summed E-state index contributed by atoms with van der Waals surface area (Å²) in [4.78, 5) is 28.3. The summed E-state index contributed by atoms with van der Waals surface area (Å²) in [5, 5.41) is 0. The summed E-state index contributed by atoms with van der Waals surface area (Å²) < 4.78 is 11.0. The third-order valence-electron chi connectivity index (χ3n) is 4.11. The molecule has 0 aromatic heterocycles. The lowest BCUT2D eigenvalue weighted by molar-refractivity contribution is -0.136. The maximum absolute atomic E-state index is 12.6. The first-order chi connectivity index (χ1) is 11.1. The summed E-state index contributed by atoms with van der Waals surface area (Å²) in [6.07, 6.45) is -0.0447. The van der Waals surface area contributed by atoms with Gasteiger partial charge in [-0.15, -0.1) is 0 Å². The van der Waals surface area contributed by atoms with E-state index in [9.17, 15) is 9.59 Å². The summed E-state index contributed by atoms with van der Waals surface area (Å²) in [7, 11) is 0. The average Bonchev–Trinajstić information content (AvgIpc) is 2.57. The monoisotopic (exact) mass is 319 g/mol. The van der Waals surface area contributed by atoms with Crippen molar-refractivity contribution >= 4 is 23.2 Å². The highest BCUT2D eigenvalue weighted by molar-refractivity contribution is 6.04. The molecule has 0 radical (unpaired) electrons. The Balaban J connectivity index is 1.84. The molecule has 2 amide bonds. The van der Waals surface area contributed by atoms with Gasteiger partial charge in [-0.1, -0.05) is 6.92 Å². The number of rotatable bonds is 3. The van der Waals surface area contributed by atoms with E-state index in [2.05, 4.69) is 0 Å². The zero-order valence-corrected chi connectivity index (χ0v) is 13.2. The SMILES string of the molecule is CCC1Oc2cc(N)ccc2N(CC(=O)N2CCOCC2)C1=O. The normalized spacial score (nSPS) is 20.9. The number of amides is 2. The van der Waals surface area contributed by atoms with Crippen molar-refractivity contribution in [1.82, 2.24) is 4.90 Å². The molecule has 124 valence electrons. The molecular formula is C16H21N3O4. The number of nitrogens with zero attached hydrogens (tertiary/aromatic N) is 2. The molecule has 7 nitrogen and oxygen atoms in total. The maximum Gasteiger partial charge on any atom is 0.268 e. The van der Waals surface area contributed by atoms with Crippen molar-refractivity contribution in [3.8, 4) is 5.75 Å². The van der Waals surface area contributed by atoms with Gasteiger partial charge in [-0.3, -0.25) is 14.5 Å². The van der Waals surface area contributed by atoms with E-state index in [1.165, 1.54) is 4.90 Å². The largest absolute Gasteiger partial charge is 0.478 e. The molecule has 23 heavy (non-hydrogen) atoms. The fourth-order valence-corrected chi connectivity index (χ4v) is 2.81. The van der Waals surface area contributed by atoms with Crippen LogP contribution >= 0.6 is 0 Å². The van der Waals surface area contributed by atoms with Crippen LogP contribution in [0.15, 0.2) is 18.2 Å². The first-order valence-electron chi connectivity index (χ1n) is 7.83. The molecule has 7 heteroatoms. The Labute approximate surface area is 134 Å². The second kappa shape index (κ2) is 6.45. The lowest BCUT2D eigenvalue weighted by Gasteiger charge is -2.35. The number of carbonyl (C=O) groups is 2. The molecule has 1 saturated heterocycles. The van der Waals surface area contributed by atoms with Crippen LogP contribution in [0.3, 0.4) is 0 Å². The van der Waals surface area contributed by atoms with E-state index in [-0.39, 0.29) is 18.4 Å².